The van der Waals surface area contributed by atoms with Crippen LogP contribution < -0.4 is 16.0 Å². The summed E-state index contributed by atoms with van der Waals surface area (Å²) in [6.07, 6.45) is 13.2. The highest BCUT2D eigenvalue weighted by Crippen LogP contribution is 2.29. The Bertz CT molecular complexity index is 1230. The SMILES string of the molecule is CC(Nc1cc(NCCCn2ccnc2)nc(Nc2nc3ccccc3n2C)n1)C1CCCCC1. The van der Waals surface area contributed by atoms with E-state index in [1.54, 1.807) is 0 Å². The van der Waals surface area contributed by atoms with E-state index in [4.69, 9.17) is 15.0 Å². The molecule has 0 bridgehead atoms. The van der Waals surface area contributed by atoms with Gasteiger partial charge in [0, 0.05) is 44.6 Å². The number of para-hydroxylation sites is 2. The molecule has 3 heterocycles. The molecule has 0 spiro atoms. The summed E-state index contributed by atoms with van der Waals surface area (Å²) in [5.41, 5.74) is 2.00. The number of rotatable bonds is 10. The molecule has 1 aromatic carbocycles. The van der Waals surface area contributed by atoms with Crippen molar-refractivity contribution in [3.05, 3.63) is 49.1 Å². The van der Waals surface area contributed by atoms with E-state index in [1.807, 2.05) is 54.6 Å². The number of aromatic nitrogens is 6. The fourth-order valence-corrected chi connectivity index (χ4v) is 4.91. The topological polar surface area (TPSA) is 97.5 Å². The van der Waals surface area contributed by atoms with Gasteiger partial charge in [0.2, 0.25) is 11.9 Å². The van der Waals surface area contributed by atoms with Crippen LogP contribution in [0.4, 0.5) is 23.5 Å². The van der Waals surface area contributed by atoms with Crippen LogP contribution in [0.15, 0.2) is 49.1 Å². The highest BCUT2D eigenvalue weighted by atomic mass is 15.3. The lowest BCUT2D eigenvalue weighted by atomic mass is 9.84. The van der Waals surface area contributed by atoms with Gasteiger partial charge in [-0.2, -0.15) is 9.97 Å². The molecule has 1 saturated carbocycles. The molecule has 3 aromatic heterocycles. The van der Waals surface area contributed by atoms with Gasteiger partial charge in [-0.05, 0) is 44.2 Å². The number of hydrogen-bond acceptors (Lipinski definition) is 7. The van der Waals surface area contributed by atoms with Gasteiger partial charge in [-0.1, -0.05) is 31.4 Å². The minimum Gasteiger partial charge on any atom is -0.370 e. The summed E-state index contributed by atoms with van der Waals surface area (Å²) in [6, 6.07) is 10.5. The van der Waals surface area contributed by atoms with E-state index < -0.39 is 0 Å². The first-order valence-electron chi connectivity index (χ1n) is 12.7. The van der Waals surface area contributed by atoms with Gasteiger partial charge in [0.15, 0.2) is 0 Å². The molecule has 0 aliphatic heterocycles. The van der Waals surface area contributed by atoms with Crippen molar-refractivity contribution in [1.82, 2.24) is 29.1 Å². The van der Waals surface area contributed by atoms with E-state index in [9.17, 15) is 0 Å². The second-order valence-corrected chi connectivity index (χ2v) is 9.48. The van der Waals surface area contributed by atoms with Crippen molar-refractivity contribution in [2.75, 3.05) is 22.5 Å². The molecule has 0 radical (unpaired) electrons. The van der Waals surface area contributed by atoms with Gasteiger partial charge >= 0.3 is 0 Å². The van der Waals surface area contributed by atoms with Crippen LogP contribution in [0.3, 0.4) is 0 Å². The molecule has 9 nitrogen and oxygen atoms in total. The lowest BCUT2D eigenvalue weighted by Crippen LogP contribution is -2.28. The van der Waals surface area contributed by atoms with Gasteiger partial charge in [0.25, 0.3) is 0 Å². The summed E-state index contributed by atoms with van der Waals surface area (Å²) >= 11 is 0. The number of fused-ring (bicyclic) bond motifs is 1. The number of benzene rings is 1. The zero-order valence-electron chi connectivity index (χ0n) is 20.6. The number of aryl methyl sites for hydroxylation is 2. The van der Waals surface area contributed by atoms with E-state index in [2.05, 4.69) is 38.5 Å². The molecule has 184 valence electrons. The second kappa shape index (κ2) is 10.8. The second-order valence-electron chi connectivity index (χ2n) is 9.48. The van der Waals surface area contributed by atoms with Crippen LogP contribution in [0.1, 0.15) is 45.4 Å². The highest BCUT2D eigenvalue weighted by Gasteiger charge is 2.21. The molecular formula is C26H35N9. The lowest BCUT2D eigenvalue weighted by molar-refractivity contribution is 0.328. The minimum absolute atomic E-state index is 0.364. The Morgan fingerprint density at radius 3 is 2.69 bits per heavy atom. The van der Waals surface area contributed by atoms with Crippen LogP contribution in [-0.4, -0.2) is 41.7 Å². The normalized spacial score (nSPS) is 15.3. The van der Waals surface area contributed by atoms with Crippen molar-refractivity contribution in [3.8, 4) is 0 Å². The van der Waals surface area contributed by atoms with E-state index >= 15 is 0 Å². The zero-order valence-corrected chi connectivity index (χ0v) is 20.6. The van der Waals surface area contributed by atoms with Gasteiger partial charge in [-0.15, -0.1) is 0 Å². The predicted octanol–water partition coefficient (Wildman–Crippen LogP) is 5.19. The molecular weight excluding hydrogens is 438 g/mol. The van der Waals surface area contributed by atoms with Gasteiger partial charge in [-0.25, -0.2) is 9.97 Å². The Morgan fingerprint density at radius 1 is 1.06 bits per heavy atom. The average molecular weight is 474 g/mol. The molecule has 1 aliphatic carbocycles. The smallest absolute Gasteiger partial charge is 0.233 e. The Hall–Kier alpha value is -3.62. The fourth-order valence-electron chi connectivity index (χ4n) is 4.91. The van der Waals surface area contributed by atoms with Crippen molar-refractivity contribution in [2.24, 2.45) is 13.0 Å². The maximum absolute atomic E-state index is 4.80. The van der Waals surface area contributed by atoms with Crippen LogP contribution in [0.25, 0.3) is 11.0 Å². The van der Waals surface area contributed by atoms with Gasteiger partial charge in [0.05, 0.1) is 17.4 Å². The standard InChI is InChI=1S/C26H35N9/c1-19(20-9-4-3-5-10-20)29-24-17-23(28-13-8-15-35-16-14-27-18-35)31-25(32-24)33-26-30-21-11-6-7-12-22(21)34(26)2/h6-7,11-12,14,16-20H,3-5,8-10,13,15H2,1-2H3,(H3,28,29,30,31,32,33). The van der Waals surface area contributed by atoms with Crippen molar-refractivity contribution in [2.45, 2.75) is 58.0 Å². The Kier molecular flexibility index (Phi) is 7.11. The molecule has 4 aromatic rings. The molecule has 35 heavy (non-hydrogen) atoms. The monoisotopic (exact) mass is 473 g/mol. The number of hydrogen-bond donors (Lipinski definition) is 3. The first-order chi connectivity index (χ1) is 17.2. The first-order valence-corrected chi connectivity index (χ1v) is 12.7. The average Bonchev–Trinajstić information content (AvgIpc) is 3.51. The molecule has 1 aliphatic rings. The maximum Gasteiger partial charge on any atom is 0.233 e. The molecule has 1 unspecified atom stereocenters. The zero-order chi connectivity index (χ0) is 24.0. The summed E-state index contributed by atoms with van der Waals surface area (Å²) in [6.45, 7) is 3.99. The maximum atomic E-state index is 4.80. The van der Waals surface area contributed by atoms with Crippen LogP contribution >= 0.6 is 0 Å². The van der Waals surface area contributed by atoms with Crippen molar-refractivity contribution in [3.63, 3.8) is 0 Å². The third kappa shape index (κ3) is 5.72. The Morgan fingerprint density at radius 2 is 1.89 bits per heavy atom. The van der Waals surface area contributed by atoms with Gasteiger partial charge in [0.1, 0.15) is 11.6 Å². The molecule has 9 heteroatoms. The largest absolute Gasteiger partial charge is 0.370 e. The molecule has 1 atom stereocenters. The van der Waals surface area contributed by atoms with E-state index in [-0.39, 0.29) is 0 Å². The van der Waals surface area contributed by atoms with E-state index in [0.29, 0.717) is 17.9 Å². The van der Waals surface area contributed by atoms with Crippen LogP contribution in [0, 0.1) is 5.92 Å². The number of anilines is 4. The summed E-state index contributed by atoms with van der Waals surface area (Å²) in [5.74, 6) is 3.55. The molecule has 3 N–H and O–H groups in total. The number of nitrogens with zero attached hydrogens (tertiary/aromatic N) is 6. The first kappa shape index (κ1) is 23.1. The predicted molar refractivity (Wildman–Crippen MR) is 141 cm³/mol. The summed E-state index contributed by atoms with van der Waals surface area (Å²) < 4.78 is 4.11. The van der Waals surface area contributed by atoms with E-state index in [0.717, 1.165) is 48.1 Å². The van der Waals surface area contributed by atoms with Crippen molar-refractivity contribution >= 4 is 34.6 Å². The van der Waals surface area contributed by atoms with Gasteiger partial charge < -0.3 is 19.8 Å². The van der Waals surface area contributed by atoms with Crippen LogP contribution in [0.5, 0.6) is 0 Å². The molecule has 0 amide bonds. The van der Waals surface area contributed by atoms with E-state index in [1.165, 1.54) is 32.1 Å². The number of imidazole rings is 2. The highest BCUT2D eigenvalue weighted by molar-refractivity contribution is 5.79. The van der Waals surface area contributed by atoms with Crippen molar-refractivity contribution in [1.29, 1.82) is 0 Å². The molecule has 1 fully saturated rings. The Labute approximate surface area is 206 Å². The third-order valence-corrected chi connectivity index (χ3v) is 6.93. The third-order valence-electron chi connectivity index (χ3n) is 6.93. The quantitative estimate of drug-likeness (QED) is 0.273. The summed E-state index contributed by atoms with van der Waals surface area (Å²) in [4.78, 5) is 18.4. The van der Waals surface area contributed by atoms with Crippen LogP contribution in [0.2, 0.25) is 0 Å². The summed E-state index contributed by atoms with van der Waals surface area (Å²) in [7, 11) is 2.00. The van der Waals surface area contributed by atoms with Crippen molar-refractivity contribution < 1.29 is 0 Å². The summed E-state index contributed by atoms with van der Waals surface area (Å²) in [5, 5.41) is 10.5. The fraction of sp³-hybridized carbons (Fsp3) is 0.462. The Balaban J connectivity index is 1.33. The van der Waals surface area contributed by atoms with Crippen LogP contribution in [-0.2, 0) is 13.6 Å². The minimum atomic E-state index is 0.364. The van der Waals surface area contributed by atoms with Gasteiger partial charge in [-0.3, -0.25) is 5.32 Å². The molecule has 0 saturated heterocycles. The lowest BCUT2D eigenvalue weighted by Gasteiger charge is -2.28. The molecule has 5 rings (SSSR count). The number of nitrogens with one attached hydrogen (secondary N) is 3.